The normalized spacial score (nSPS) is 12.9. The minimum Gasteiger partial charge on any atom is -0.462 e. The fraction of sp³-hybridized carbons (Fsp3) is 0.697. The Kier molecular flexibility index (Phi) is 65.8. The molecule has 0 saturated heterocycles. The maximum absolute atomic E-state index is 12.9. The molecule has 0 spiro atoms. The molecule has 468 valence electrons. The van der Waals surface area contributed by atoms with Gasteiger partial charge in [-0.1, -0.05) is 309 Å². The molecule has 6 heteroatoms. The molecule has 0 heterocycles. The molecule has 0 radical (unpaired) electrons. The summed E-state index contributed by atoms with van der Waals surface area (Å²) >= 11 is 0. The number of hydrogen-bond acceptors (Lipinski definition) is 6. The summed E-state index contributed by atoms with van der Waals surface area (Å²) in [6.07, 6.45) is 96.9. The van der Waals surface area contributed by atoms with Crippen molar-refractivity contribution in [1.82, 2.24) is 0 Å². The first-order valence-corrected chi connectivity index (χ1v) is 34.5. The Morgan fingerprint density at radius 1 is 0.256 bits per heavy atom. The van der Waals surface area contributed by atoms with Crippen molar-refractivity contribution in [3.05, 3.63) is 122 Å². The van der Waals surface area contributed by atoms with Crippen LogP contribution in [-0.2, 0) is 28.6 Å². The SMILES string of the molecule is CC/C=C\C/C=C\C/C=C\C/C=C\CCCCCCCCCCCCCCCCCCCCCCCCC(=O)OCC(COC(=O)CC/C=C\C/C=C\C/C=C\C/C=C\CC)OC(=O)CCCCCCC/C=C\C/C=C\CCCCCC. The summed E-state index contributed by atoms with van der Waals surface area (Å²) in [6.45, 7) is 6.34. The quantitative estimate of drug-likeness (QED) is 0.0261. The molecule has 0 fully saturated rings. The van der Waals surface area contributed by atoms with Crippen LogP contribution in [0.15, 0.2) is 122 Å². The van der Waals surface area contributed by atoms with Gasteiger partial charge in [0.1, 0.15) is 13.2 Å². The molecule has 6 nitrogen and oxygen atoms in total. The Morgan fingerprint density at radius 3 is 0.817 bits per heavy atom. The number of hydrogen-bond donors (Lipinski definition) is 0. The van der Waals surface area contributed by atoms with Crippen LogP contribution in [0.1, 0.15) is 323 Å². The van der Waals surface area contributed by atoms with Crippen molar-refractivity contribution in [2.24, 2.45) is 0 Å². The highest BCUT2D eigenvalue weighted by Crippen LogP contribution is 2.17. The van der Waals surface area contributed by atoms with Crippen LogP contribution < -0.4 is 0 Å². The van der Waals surface area contributed by atoms with Crippen LogP contribution in [0.4, 0.5) is 0 Å². The minimum atomic E-state index is -0.815. The van der Waals surface area contributed by atoms with Gasteiger partial charge in [-0.25, -0.2) is 0 Å². The van der Waals surface area contributed by atoms with Gasteiger partial charge >= 0.3 is 17.9 Å². The Hall–Kier alpha value is -4.19. The van der Waals surface area contributed by atoms with Crippen molar-refractivity contribution in [2.45, 2.75) is 329 Å². The van der Waals surface area contributed by atoms with Gasteiger partial charge in [0.2, 0.25) is 0 Å². The molecular formula is C76H128O6. The summed E-state index contributed by atoms with van der Waals surface area (Å²) in [5.74, 6) is -0.994. The van der Waals surface area contributed by atoms with Crippen LogP contribution in [-0.4, -0.2) is 37.2 Å². The molecule has 0 bridgehead atoms. The summed E-state index contributed by atoms with van der Waals surface area (Å²) in [4.78, 5) is 38.3. The fourth-order valence-corrected chi connectivity index (χ4v) is 9.60. The van der Waals surface area contributed by atoms with E-state index in [0.29, 0.717) is 19.3 Å². The zero-order valence-corrected chi connectivity index (χ0v) is 53.7. The minimum absolute atomic E-state index is 0.104. The van der Waals surface area contributed by atoms with Crippen molar-refractivity contribution in [3.63, 3.8) is 0 Å². The van der Waals surface area contributed by atoms with E-state index in [-0.39, 0.29) is 37.5 Å². The van der Waals surface area contributed by atoms with Crippen molar-refractivity contribution < 1.29 is 28.6 Å². The second kappa shape index (κ2) is 69.3. The largest absolute Gasteiger partial charge is 0.462 e. The van der Waals surface area contributed by atoms with E-state index in [4.69, 9.17) is 14.2 Å². The standard InChI is InChI=1S/C76H128O6/c1-4-7-10-13-16-19-22-25-27-29-30-31-32-33-34-35-36-37-38-39-40-41-42-43-44-45-46-47-49-51-54-57-60-63-66-69-75(78)81-72-73(71-80-74(77)68-65-62-59-56-53-50-24-21-18-15-12-9-6-3)82-76(79)70-67-64-61-58-55-52-48-28-26-23-20-17-14-11-8-5-2/h7,9-10,12,16,18-21,23,25,27-28,30-31,48,50,53,59,62,73H,4-6,8,11,13-15,17,22,24,26,29,32-47,49,51-52,54-58,60-61,63-72H2,1-3H3/b10-7-,12-9-,19-16-,21-18-,23-20-,27-25-,31-30-,48-28-,53-50-,62-59-. The van der Waals surface area contributed by atoms with E-state index in [1.54, 1.807) is 0 Å². The zero-order chi connectivity index (χ0) is 59.2. The molecule has 0 aromatic rings. The average Bonchev–Trinajstić information content (AvgIpc) is 3.47. The molecule has 0 aliphatic heterocycles. The van der Waals surface area contributed by atoms with E-state index >= 15 is 0 Å². The van der Waals surface area contributed by atoms with Crippen molar-refractivity contribution >= 4 is 17.9 Å². The van der Waals surface area contributed by atoms with Gasteiger partial charge in [0.05, 0.1) is 0 Å². The highest BCUT2D eigenvalue weighted by molar-refractivity contribution is 5.71. The number of rotatable bonds is 62. The molecule has 0 aliphatic rings. The molecule has 82 heavy (non-hydrogen) atoms. The lowest BCUT2D eigenvalue weighted by atomic mass is 10.0. The first-order chi connectivity index (χ1) is 40.5. The van der Waals surface area contributed by atoms with Crippen LogP contribution in [0.25, 0.3) is 0 Å². The lowest BCUT2D eigenvalue weighted by Crippen LogP contribution is -2.30. The third-order valence-corrected chi connectivity index (χ3v) is 14.7. The fourth-order valence-electron chi connectivity index (χ4n) is 9.60. The molecule has 0 aliphatic carbocycles. The lowest BCUT2D eigenvalue weighted by Gasteiger charge is -2.18. The van der Waals surface area contributed by atoms with Crippen molar-refractivity contribution in [2.75, 3.05) is 13.2 Å². The number of esters is 3. The van der Waals surface area contributed by atoms with E-state index in [1.165, 1.54) is 161 Å². The van der Waals surface area contributed by atoms with E-state index in [1.807, 2.05) is 6.08 Å². The molecule has 0 rings (SSSR count). The van der Waals surface area contributed by atoms with E-state index in [0.717, 1.165) is 116 Å². The molecule has 0 amide bonds. The van der Waals surface area contributed by atoms with E-state index in [9.17, 15) is 14.4 Å². The summed E-state index contributed by atoms with van der Waals surface area (Å²) in [5, 5.41) is 0. The smallest absolute Gasteiger partial charge is 0.306 e. The molecule has 1 unspecified atom stereocenters. The molecule has 0 aromatic heterocycles. The molecule has 0 N–H and O–H groups in total. The molecule has 0 saturated carbocycles. The van der Waals surface area contributed by atoms with Crippen molar-refractivity contribution in [3.8, 4) is 0 Å². The first-order valence-electron chi connectivity index (χ1n) is 34.5. The van der Waals surface area contributed by atoms with Crippen LogP contribution in [0.3, 0.4) is 0 Å². The number of unbranched alkanes of at least 4 members (excludes halogenated alkanes) is 31. The van der Waals surface area contributed by atoms with E-state index < -0.39 is 6.10 Å². The van der Waals surface area contributed by atoms with E-state index in [2.05, 4.69) is 136 Å². The highest BCUT2D eigenvalue weighted by Gasteiger charge is 2.19. The predicted octanol–water partition coefficient (Wildman–Crippen LogP) is 23.9. The van der Waals surface area contributed by atoms with Crippen LogP contribution in [0.5, 0.6) is 0 Å². The summed E-state index contributed by atoms with van der Waals surface area (Å²) in [6, 6.07) is 0. The summed E-state index contributed by atoms with van der Waals surface area (Å²) < 4.78 is 16.8. The van der Waals surface area contributed by atoms with Gasteiger partial charge in [0, 0.05) is 19.3 Å². The predicted molar refractivity (Wildman–Crippen MR) is 357 cm³/mol. The monoisotopic (exact) mass is 1140 g/mol. The zero-order valence-electron chi connectivity index (χ0n) is 53.7. The number of carbonyl (C=O) groups is 3. The van der Waals surface area contributed by atoms with Gasteiger partial charge in [0.15, 0.2) is 6.10 Å². The number of allylic oxidation sites excluding steroid dienone is 20. The third kappa shape index (κ3) is 66.6. The second-order valence-electron chi connectivity index (χ2n) is 22.7. The summed E-state index contributed by atoms with van der Waals surface area (Å²) in [5.41, 5.74) is 0. The number of carbonyl (C=O) groups excluding carboxylic acids is 3. The van der Waals surface area contributed by atoms with Gasteiger partial charge in [0.25, 0.3) is 0 Å². The van der Waals surface area contributed by atoms with Gasteiger partial charge in [-0.15, -0.1) is 0 Å². The topological polar surface area (TPSA) is 78.9 Å². The third-order valence-electron chi connectivity index (χ3n) is 14.7. The Bertz CT molecular complexity index is 1690. The maximum atomic E-state index is 12.9. The van der Waals surface area contributed by atoms with Gasteiger partial charge in [-0.3, -0.25) is 14.4 Å². The maximum Gasteiger partial charge on any atom is 0.306 e. The number of ether oxygens (including phenoxy) is 3. The lowest BCUT2D eigenvalue weighted by molar-refractivity contribution is -0.166. The van der Waals surface area contributed by atoms with Gasteiger partial charge in [-0.2, -0.15) is 0 Å². The Morgan fingerprint density at radius 2 is 0.500 bits per heavy atom. The highest BCUT2D eigenvalue weighted by atomic mass is 16.6. The van der Waals surface area contributed by atoms with Crippen LogP contribution >= 0.6 is 0 Å². The Labute approximate surface area is 507 Å². The van der Waals surface area contributed by atoms with Crippen LogP contribution in [0, 0.1) is 0 Å². The molecular weight excluding hydrogens is 1010 g/mol. The average molecular weight is 1140 g/mol. The summed E-state index contributed by atoms with van der Waals surface area (Å²) in [7, 11) is 0. The first kappa shape index (κ1) is 77.8. The van der Waals surface area contributed by atoms with Crippen LogP contribution in [0.2, 0.25) is 0 Å². The molecule has 0 aromatic carbocycles. The van der Waals surface area contributed by atoms with Gasteiger partial charge < -0.3 is 14.2 Å². The second-order valence-corrected chi connectivity index (χ2v) is 22.7. The van der Waals surface area contributed by atoms with Gasteiger partial charge in [-0.05, 0) is 116 Å². The molecule has 1 atom stereocenters. The van der Waals surface area contributed by atoms with Crippen molar-refractivity contribution in [1.29, 1.82) is 0 Å². The Balaban J connectivity index is 4.15.